The molecule has 2 N–H and O–H groups in total. The summed E-state index contributed by atoms with van der Waals surface area (Å²) >= 11 is 0. The Morgan fingerprint density at radius 1 is 0.655 bits per heavy atom. The normalized spacial score (nSPS) is 10.7. The molecule has 0 unspecified atom stereocenters. The number of unbranched alkanes of at least 4 members (excludes halogenated alkanes) is 1. The van der Waals surface area contributed by atoms with E-state index in [-0.39, 0.29) is 6.61 Å². The fourth-order valence-electron chi connectivity index (χ4n) is 2.96. The Bertz CT molecular complexity index is 837. The molecular formula is C25H29NO3. The number of ether oxygens (including phenoxy) is 2. The molecule has 0 fully saturated rings. The van der Waals surface area contributed by atoms with Gasteiger partial charge in [-0.05, 0) is 48.2 Å². The molecular weight excluding hydrogens is 362 g/mol. The molecule has 29 heavy (non-hydrogen) atoms. The van der Waals surface area contributed by atoms with Gasteiger partial charge in [-0.25, -0.2) is 0 Å². The predicted molar refractivity (Wildman–Crippen MR) is 116 cm³/mol. The molecule has 0 atom stereocenters. The molecule has 0 spiro atoms. The van der Waals surface area contributed by atoms with Gasteiger partial charge in [-0.1, -0.05) is 66.7 Å². The number of aliphatic hydroxyl groups is 1. The molecule has 3 rings (SSSR count). The third-order valence-electron chi connectivity index (χ3n) is 4.57. The molecule has 152 valence electrons. The molecule has 0 bridgehead atoms. The first-order chi connectivity index (χ1) is 14.3. The van der Waals surface area contributed by atoms with Crippen LogP contribution in [0.25, 0.3) is 0 Å². The standard InChI is InChI=1S/C25H29NO3/c27-16-8-7-15-26-18-23-13-14-24(28-19-21-9-3-1-4-10-21)25(17-23)29-20-22-11-5-2-6-12-22/h1-6,9-14,17,26-27H,7-8,15-16,18-20H2. The third-order valence-corrected chi connectivity index (χ3v) is 4.57. The lowest BCUT2D eigenvalue weighted by molar-refractivity contribution is 0.255. The van der Waals surface area contributed by atoms with Crippen LogP contribution in [0.5, 0.6) is 11.5 Å². The molecule has 3 aromatic carbocycles. The molecule has 4 heteroatoms. The Morgan fingerprint density at radius 3 is 1.90 bits per heavy atom. The van der Waals surface area contributed by atoms with E-state index in [0.717, 1.165) is 54.1 Å². The Labute approximate surface area is 173 Å². The van der Waals surface area contributed by atoms with Crippen LogP contribution in [-0.2, 0) is 19.8 Å². The summed E-state index contributed by atoms with van der Waals surface area (Å²) in [4.78, 5) is 0. The van der Waals surface area contributed by atoms with Gasteiger partial charge in [0.15, 0.2) is 11.5 Å². The summed E-state index contributed by atoms with van der Waals surface area (Å²) in [5, 5.41) is 12.3. The molecule has 0 aliphatic heterocycles. The summed E-state index contributed by atoms with van der Waals surface area (Å²) < 4.78 is 12.2. The average molecular weight is 392 g/mol. The van der Waals surface area contributed by atoms with Crippen molar-refractivity contribution in [2.24, 2.45) is 0 Å². The number of nitrogens with one attached hydrogen (secondary N) is 1. The van der Waals surface area contributed by atoms with Crippen molar-refractivity contribution in [1.82, 2.24) is 5.32 Å². The van der Waals surface area contributed by atoms with E-state index in [2.05, 4.69) is 35.6 Å². The van der Waals surface area contributed by atoms with Gasteiger partial charge in [-0.2, -0.15) is 0 Å². The van der Waals surface area contributed by atoms with Gasteiger partial charge in [0.2, 0.25) is 0 Å². The lowest BCUT2D eigenvalue weighted by atomic mass is 10.2. The summed E-state index contributed by atoms with van der Waals surface area (Å²) in [6, 6.07) is 26.3. The largest absolute Gasteiger partial charge is 0.485 e. The van der Waals surface area contributed by atoms with E-state index in [0.29, 0.717) is 13.2 Å². The smallest absolute Gasteiger partial charge is 0.162 e. The van der Waals surface area contributed by atoms with Crippen LogP contribution in [0.3, 0.4) is 0 Å². The fourth-order valence-corrected chi connectivity index (χ4v) is 2.96. The van der Waals surface area contributed by atoms with Gasteiger partial charge < -0.3 is 19.9 Å². The van der Waals surface area contributed by atoms with Gasteiger partial charge >= 0.3 is 0 Å². The molecule has 0 saturated heterocycles. The molecule has 0 saturated carbocycles. The zero-order valence-corrected chi connectivity index (χ0v) is 16.7. The van der Waals surface area contributed by atoms with Gasteiger partial charge in [0.1, 0.15) is 13.2 Å². The quantitative estimate of drug-likeness (QED) is 0.439. The minimum absolute atomic E-state index is 0.243. The van der Waals surface area contributed by atoms with Crippen molar-refractivity contribution < 1.29 is 14.6 Å². The number of aliphatic hydroxyl groups excluding tert-OH is 1. The molecule has 3 aromatic rings. The molecule has 0 radical (unpaired) electrons. The summed E-state index contributed by atoms with van der Waals surface area (Å²) in [5.41, 5.74) is 3.38. The van der Waals surface area contributed by atoms with Crippen LogP contribution in [0.4, 0.5) is 0 Å². The van der Waals surface area contributed by atoms with Crippen LogP contribution in [-0.4, -0.2) is 18.3 Å². The minimum atomic E-state index is 0.243. The second-order valence-electron chi connectivity index (χ2n) is 6.94. The minimum Gasteiger partial charge on any atom is -0.485 e. The highest BCUT2D eigenvalue weighted by molar-refractivity contribution is 5.43. The highest BCUT2D eigenvalue weighted by atomic mass is 16.5. The number of rotatable bonds is 12. The lowest BCUT2D eigenvalue weighted by Crippen LogP contribution is -2.15. The van der Waals surface area contributed by atoms with E-state index >= 15 is 0 Å². The van der Waals surface area contributed by atoms with Crippen molar-refractivity contribution in [2.75, 3.05) is 13.2 Å². The van der Waals surface area contributed by atoms with Crippen molar-refractivity contribution >= 4 is 0 Å². The number of benzene rings is 3. The van der Waals surface area contributed by atoms with Crippen LogP contribution < -0.4 is 14.8 Å². The van der Waals surface area contributed by atoms with E-state index < -0.39 is 0 Å². The van der Waals surface area contributed by atoms with Gasteiger partial charge in [-0.15, -0.1) is 0 Å². The van der Waals surface area contributed by atoms with Gasteiger partial charge in [-0.3, -0.25) is 0 Å². The SMILES string of the molecule is OCCCCNCc1ccc(OCc2ccccc2)c(OCc2ccccc2)c1. The molecule has 0 amide bonds. The first kappa shape index (κ1) is 20.9. The maximum Gasteiger partial charge on any atom is 0.162 e. The second-order valence-corrected chi connectivity index (χ2v) is 6.94. The van der Waals surface area contributed by atoms with Crippen LogP contribution in [0.15, 0.2) is 78.9 Å². The second kappa shape index (κ2) is 11.9. The summed E-state index contributed by atoms with van der Waals surface area (Å²) in [7, 11) is 0. The molecule has 4 nitrogen and oxygen atoms in total. The number of hydrogen-bond donors (Lipinski definition) is 2. The van der Waals surface area contributed by atoms with Crippen molar-refractivity contribution in [2.45, 2.75) is 32.6 Å². The van der Waals surface area contributed by atoms with Gasteiger partial charge in [0.05, 0.1) is 0 Å². The monoisotopic (exact) mass is 391 g/mol. The van der Waals surface area contributed by atoms with Crippen molar-refractivity contribution in [3.63, 3.8) is 0 Å². The van der Waals surface area contributed by atoms with Crippen molar-refractivity contribution in [1.29, 1.82) is 0 Å². The Kier molecular flexibility index (Phi) is 8.57. The number of hydrogen-bond acceptors (Lipinski definition) is 4. The lowest BCUT2D eigenvalue weighted by Gasteiger charge is -2.15. The Balaban J connectivity index is 1.65. The topological polar surface area (TPSA) is 50.7 Å². The van der Waals surface area contributed by atoms with Crippen LogP contribution >= 0.6 is 0 Å². The maximum atomic E-state index is 8.88. The fraction of sp³-hybridized carbons (Fsp3) is 0.280. The van der Waals surface area contributed by atoms with Crippen LogP contribution in [0.1, 0.15) is 29.5 Å². The van der Waals surface area contributed by atoms with Crippen molar-refractivity contribution in [3.05, 3.63) is 95.6 Å². The Morgan fingerprint density at radius 2 is 1.28 bits per heavy atom. The van der Waals surface area contributed by atoms with E-state index in [1.54, 1.807) is 0 Å². The van der Waals surface area contributed by atoms with E-state index in [9.17, 15) is 0 Å². The van der Waals surface area contributed by atoms with Crippen LogP contribution in [0, 0.1) is 0 Å². The zero-order chi connectivity index (χ0) is 20.2. The first-order valence-electron chi connectivity index (χ1n) is 10.1. The van der Waals surface area contributed by atoms with Gasteiger partial charge in [0, 0.05) is 13.2 Å². The van der Waals surface area contributed by atoms with E-state index in [1.807, 2.05) is 48.5 Å². The Hall–Kier alpha value is -2.82. The molecule has 0 heterocycles. The highest BCUT2D eigenvalue weighted by Gasteiger charge is 2.08. The molecule has 0 aromatic heterocycles. The first-order valence-corrected chi connectivity index (χ1v) is 10.1. The maximum absolute atomic E-state index is 8.88. The van der Waals surface area contributed by atoms with Crippen molar-refractivity contribution in [3.8, 4) is 11.5 Å². The summed E-state index contributed by atoms with van der Waals surface area (Å²) in [5.74, 6) is 1.49. The summed E-state index contributed by atoms with van der Waals surface area (Å²) in [6.45, 7) is 2.88. The highest BCUT2D eigenvalue weighted by Crippen LogP contribution is 2.30. The average Bonchev–Trinajstić information content (AvgIpc) is 2.78. The predicted octanol–water partition coefficient (Wildman–Crippen LogP) is 4.71. The zero-order valence-electron chi connectivity index (χ0n) is 16.7. The third kappa shape index (κ3) is 7.26. The van der Waals surface area contributed by atoms with E-state index in [1.165, 1.54) is 0 Å². The molecule has 0 aliphatic carbocycles. The summed E-state index contributed by atoms with van der Waals surface area (Å²) in [6.07, 6.45) is 1.79. The van der Waals surface area contributed by atoms with E-state index in [4.69, 9.17) is 14.6 Å². The van der Waals surface area contributed by atoms with Crippen LogP contribution in [0.2, 0.25) is 0 Å². The molecule has 0 aliphatic rings. The van der Waals surface area contributed by atoms with Gasteiger partial charge in [0.25, 0.3) is 0 Å².